The maximum Gasteiger partial charge on any atom is 0.413 e. The van der Waals surface area contributed by atoms with Gasteiger partial charge in [-0.3, -0.25) is 10.3 Å². The van der Waals surface area contributed by atoms with Crippen LogP contribution < -0.4 is 15.8 Å². The number of carbonyl (C=O) groups is 1. The summed E-state index contributed by atoms with van der Waals surface area (Å²) in [6.45, 7) is 10.1. The van der Waals surface area contributed by atoms with Gasteiger partial charge in [-0.15, -0.1) is 0 Å². The number of rotatable bonds is 0. The summed E-state index contributed by atoms with van der Waals surface area (Å²) in [6, 6.07) is 1.63. The molecule has 160 valence electrons. The standard InChI is InChI=1S/C19H28N4O5S/c1-17(2,3)28-16(24)22-15-18(4,5)29(25,26)13-7-8-27-14-12(19(13,6)23-15)9-11(20)10-21-14/h9-10,13H,7-8,20H2,1-6H3,(H,22,23,24). The second-order valence-electron chi connectivity index (χ2n) is 9.04. The Balaban J connectivity index is 2.18. The molecule has 0 saturated heterocycles. The summed E-state index contributed by atoms with van der Waals surface area (Å²) >= 11 is 0. The highest BCUT2D eigenvalue weighted by Crippen LogP contribution is 2.48. The molecule has 0 aliphatic carbocycles. The molecule has 1 aromatic rings. The van der Waals surface area contributed by atoms with Crippen molar-refractivity contribution in [3.63, 3.8) is 0 Å². The summed E-state index contributed by atoms with van der Waals surface area (Å²) in [5, 5.41) is 1.70. The fraction of sp³-hybridized carbons (Fsp3) is 0.632. The average Bonchev–Trinajstić information content (AvgIpc) is 2.69. The minimum atomic E-state index is -3.79. The first-order valence-corrected chi connectivity index (χ1v) is 11.0. The van der Waals surface area contributed by atoms with Crippen LogP contribution in [0.5, 0.6) is 5.88 Å². The van der Waals surface area contributed by atoms with Gasteiger partial charge in [-0.05, 0) is 47.6 Å². The first-order chi connectivity index (χ1) is 13.2. The molecule has 1 amide bonds. The zero-order chi connectivity index (χ0) is 21.8. The van der Waals surface area contributed by atoms with Crippen LogP contribution in [0.3, 0.4) is 0 Å². The van der Waals surface area contributed by atoms with E-state index in [0.29, 0.717) is 17.1 Å². The number of aromatic nitrogens is 1. The number of amides is 1. The molecular formula is C19H28N4O5S. The predicted molar refractivity (Wildman–Crippen MR) is 110 cm³/mol. The van der Waals surface area contributed by atoms with Crippen LogP contribution in [0.2, 0.25) is 0 Å². The summed E-state index contributed by atoms with van der Waals surface area (Å²) in [5.41, 5.74) is 4.79. The maximum atomic E-state index is 13.6. The van der Waals surface area contributed by atoms with E-state index in [0.717, 1.165) is 0 Å². The van der Waals surface area contributed by atoms with Gasteiger partial charge in [0.25, 0.3) is 0 Å². The van der Waals surface area contributed by atoms with Gasteiger partial charge in [0, 0.05) is 12.0 Å². The lowest BCUT2D eigenvalue weighted by molar-refractivity contribution is 0.0560. The quantitative estimate of drug-likeness (QED) is 0.652. The van der Waals surface area contributed by atoms with Gasteiger partial charge < -0.3 is 15.2 Å². The van der Waals surface area contributed by atoms with E-state index in [9.17, 15) is 13.2 Å². The molecule has 0 saturated carbocycles. The molecule has 0 bridgehead atoms. The zero-order valence-corrected chi connectivity index (χ0v) is 18.4. The Morgan fingerprint density at radius 2 is 2.00 bits per heavy atom. The number of alkyl carbamates (subject to hydrolysis) is 1. The lowest BCUT2D eigenvalue weighted by Crippen LogP contribution is -2.61. The van der Waals surface area contributed by atoms with E-state index in [-0.39, 0.29) is 18.9 Å². The molecule has 3 rings (SSSR count). The summed E-state index contributed by atoms with van der Waals surface area (Å²) in [7, 11) is -3.79. The van der Waals surface area contributed by atoms with Crippen molar-refractivity contribution in [2.45, 2.75) is 69.1 Å². The number of hydrogen-bond donors (Lipinski definition) is 2. The molecule has 2 unspecified atom stereocenters. The third kappa shape index (κ3) is 3.54. The molecule has 0 aromatic carbocycles. The Morgan fingerprint density at radius 1 is 1.34 bits per heavy atom. The van der Waals surface area contributed by atoms with Crippen molar-refractivity contribution in [3.05, 3.63) is 17.8 Å². The molecule has 2 aliphatic heterocycles. The first kappa shape index (κ1) is 21.4. The zero-order valence-electron chi connectivity index (χ0n) is 17.6. The smallest absolute Gasteiger partial charge is 0.413 e. The molecule has 9 nitrogen and oxygen atoms in total. The summed E-state index contributed by atoms with van der Waals surface area (Å²) in [6.07, 6.45) is 0.923. The van der Waals surface area contributed by atoms with Crippen molar-refractivity contribution in [3.8, 4) is 5.88 Å². The van der Waals surface area contributed by atoms with Crippen molar-refractivity contribution in [1.82, 2.24) is 10.3 Å². The Bertz CT molecular complexity index is 981. The number of anilines is 1. The summed E-state index contributed by atoms with van der Waals surface area (Å²) < 4.78 is 36.8. The predicted octanol–water partition coefficient (Wildman–Crippen LogP) is 2.16. The van der Waals surface area contributed by atoms with Crippen LogP contribution >= 0.6 is 0 Å². The van der Waals surface area contributed by atoms with Crippen molar-refractivity contribution in [1.29, 1.82) is 0 Å². The van der Waals surface area contributed by atoms with Crippen molar-refractivity contribution >= 4 is 27.5 Å². The van der Waals surface area contributed by atoms with Crippen LogP contribution in [-0.4, -0.2) is 47.5 Å². The van der Waals surface area contributed by atoms with Gasteiger partial charge in [-0.25, -0.2) is 18.2 Å². The topological polar surface area (TPSA) is 133 Å². The van der Waals surface area contributed by atoms with E-state index in [2.05, 4.69) is 10.3 Å². The number of nitrogens with one attached hydrogen (secondary N) is 1. The number of sulfone groups is 1. The Hall–Kier alpha value is -2.36. The van der Waals surface area contributed by atoms with Crippen molar-refractivity contribution < 1.29 is 22.7 Å². The number of ether oxygens (including phenoxy) is 2. The Kier molecular flexibility index (Phi) is 4.84. The van der Waals surface area contributed by atoms with E-state index in [1.165, 1.54) is 20.0 Å². The van der Waals surface area contributed by atoms with Crippen LogP contribution in [-0.2, 0) is 20.1 Å². The number of fused-ring (bicyclic) bond motifs is 3. The van der Waals surface area contributed by atoms with Crippen molar-refractivity contribution in [2.75, 3.05) is 12.3 Å². The van der Waals surface area contributed by atoms with Gasteiger partial charge in [0.15, 0.2) is 9.84 Å². The number of carbonyl (C=O) groups excluding carboxylic acids is 1. The van der Waals surface area contributed by atoms with Crippen LogP contribution in [0.4, 0.5) is 10.5 Å². The highest BCUT2D eigenvalue weighted by Gasteiger charge is 2.58. The fourth-order valence-corrected chi connectivity index (χ4v) is 5.96. The number of amidine groups is 1. The van der Waals surface area contributed by atoms with E-state index in [1.54, 1.807) is 33.8 Å². The second-order valence-corrected chi connectivity index (χ2v) is 11.7. The van der Waals surface area contributed by atoms with Gasteiger partial charge in [0.1, 0.15) is 21.7 Å². The normalized spacial score (nSPS) is 27.4. The highest BCUT2D eigenvalue weighted by atomic mass is 32.2. The molecule has 2 atom stereocenters. The SMILES string of the molecule is CC(C)(C)OC(=O)NC1=NC2(C)c3cc(N)cnc3OCCC2S(=O)(=O)C1(C)C. The van der Waals surface area contributed by atoms with Crippen molar-refractivity contribution in [2.24, 2.45) is 4.99 Å². The first-order valence-electron chi connectivity index (χ1n) is 9.41. The Labute approximate surface area is 171 Å². The summed E-state index contributed by atoms with van der Waals surface area (Å²) in [4.78, 5) is 21.3. The summed E-state index contributed by atoms with van der Waals surface area (Å²) in [5.74, 6) is 0.306. The number of aliphatic imine (C=N–C) groups is 1. The highest BCUT2D eigenvalue weighted by molar-refractivity contribution is 7.94. The number of nitrogen functional groups attached to an aromatic ring is 1. The molecule has 0 radical (unpaired) electrons. The third-order valence-electron chi connectivity index (χ3n) is 5.28. The fourth-order valence-electron chi connectivity index (χ4n) is 3.69. The van der Waals surface area contributed by atoms with Gasteiger partial charge in [-0.2, -0.15) is 0 Å². The van der Waals surface area contributed by atoms with Gasteiger partial charge in [0.2, 0.25) is 5.88 Å². The minimum absolute atomic E-state index is 0.0146. The number of nitrogens with two attached hydrogens (primary N) is 1. The number of hydrogen-bond acceptors (Lipinski definition) is 8. The second kappa shape index (κ2) is 6.58. The molecule has 29 heavy (non-hydrogen) atoms. The van der Waals surface area contributed by atoms with Gasteiger partial charge in [-0.1, -0.05) is 0 Å². The molecule has 2 aliphatic rings. The van der Waals surface area contributed by atoms with Gasteiger partial charge in [0.05, 0.1) is 23.7 Å². The molecule has 1 aromatic heterocycles. The van der Waals surface area contributed by atoms with Crippen LogP contribution in [0.15, 0.2) is 17.3 Å². The maximum absolute atomic E-state index is 13.6. The molecule has 3 heterocycles. The Morgan fingerprint density at radius 3 is 2.62 bits per heavy atom. The molecule has 10 heteroatoms. The van der Waals surface area contributed by atoms with Crippen LogP contribution in [0.25, 0.3) is 0 Å². The largest absolute Gasteiger partial charge is 0.477 e. The monoisotopic (exact) mass is 424 g/mol. The molecule has 0 spiro atoms. The number of nitrogens with zero attached hydrogens (tertiary/aromatic N) is 2. The van der Waals surface area contributed by atoms with E-state index in [4.69, 9.17) is 20.2 Å². The number of pyridine rings is 1. The lowest BCUT2D eigenvalue weighted by atomic mass is 9.87. The van der Waals surface area contributed by atoms with E-state index >= 15 is 0 Å². The third-order valence-corrected chi connectivity index (χ3v) is 8.34. The molecule has 0 fully saturated rings. The minimum Gasteiger partial charge on any atom is -0.477 e. The van der Waals surface area contributed by atoms with E-state index in [1.807, 2.05) is 0 Å². The molecule has 3 N–H and O–H groups in total. The van der Waals surface area contributed by atoms with Crippen LogP contribution in [0.1, 0.15) is 53.5 Å². The average molecular weight is 425 g/mol. The lowest BCUT2D eigenvalue weighted by Gasteiger charge is -2.44. The molecular weight excluding hydrogens is 396 g/mol. The van der Waals surface area contributed by atoms with Crippen LogP contribution in [0, 0.1) is 0 Å². The van der Waals surface area contributed by atoms with E-state index < -0.39 is 37.1 Å². The van der Waals surface area contributed by atoms with Gasteiger partial charge >= 0.3 is 6.09 Å².